The van der Waals surface area contributed by atoms with Crippen molar-refractivity contribution in [1.29, 1.82) is 0 Å². The van der Waals surface area contributed by atoms with Gasteiger partial charge in [-0.15, -0.1) is 0 Å². The van der Waals surface area contributed by atoms with E-state index in [4.69, 9.17) is 4.74 Å². The summed E-state index contributed by atoms with van der Waals surface area (Å²) < 4.78 is 6.28. The van der Waals surface area contributed by atoms with E-state index in [0.29, 0.717) is 49.3 Å². The van der Waals surface area contributed by atoms with Crippen LogP contribution in [0.4, 0.5) is 0 Å². The number of hydrogen-bond donors (Lipinski definition) is 0. The summed E-state index contributed by atoms with van der Waals surface area (Å²) in [5, 5.41) is 0. The summed E-state index contributed by atoms with van der Waals surface area (Å²) >= 11 is 0. The van der Waals surface area contributed by atoms with Gasteiger partial charge in [-0.05, 0) is 65.6 Å². The number of piperidine rings is 1. The quantitative estimate of drug-likeness (QED) is 0.610. The van der Waals surface area contributed by atoms with E-state index in [1.807, 2.05) is 18.7 Å². The average molecular weight is 435 g/mol. The lowest BCUT2D eigenvalue weighted by molar-refractivity contribution is -0.134. The molecule has 7 heteroatoms. The third kappa shape index (κ3) is 4.93. The van der Waals surface area contributed by atoms with Crippen LogP contribution in [0.3, 0.4) is 0 Å². The van der Waals surface area contributed by atoms with Crippen molar-refractivity contribution in [3.05, 3.63) is 0 Å². The van der Waals surface area contributed by atoms with Gasteiger partial charge in [0.2, 0.25) is 11.8 Å². The predicted octanol–water partition coefficient (Wildman–Crippen LogP) is 1.67. The van der Waals surface area contributed by atoms with Gasteiger partial charge in [0.1, 0.15) is 0 Å². The van der Waals surface area contributed by atoms with E-state index in [1.165, 1.54) is 12.8 Å². The molecule has 7 nitrogen and oxygen atoms in total. The number of carbonyl (C=O) groups excluding carboxylic acids is 2. The number of hydrogen-bond acceptors (Lipinski definition) is 5. The molecule has 0 aromatic carbocycles. The van der Waals surface area contributed by atoms with Gasteiger partial charge in [-0.2, -0.15) is 0 Å². The highest BCUT2D eigenvalue weighted by Gasteiger charge is 2.53. The molecule has 4 atom stereocenters. The maximum absolute atomic E-state index is 13.0. The van der Waals surface area contributed by atoms with E-state index >= 15 is 0 Å². The number of rotatable bonds is 7. The third-order valence-corrected chi connectivity index (χ3v) is 8.31. The van der Waals surface area contributed by atoms with Crippen LogP contribution >= 0.6 is 0 Å². The molecule has 0 spiro atoms. The summed E-state index contributed by atoms with van der Waals surface area (Å²) in [4.78, 5) is 34.9. The molecule has 4 rings (SSSR count). The fourth-order valence-electron chi connectivity index (χ4n) is 6.49. The van der Waals surface area contributed by atoms with E-state index in [9.17, 15) is 9.59 Å². The van der Waals surface area contributed by atoms with Crippen LogP contribution in [0.5, 0.6) is 0 Å². The Kier molecular flexibility index (Phi) is 7.55. The molecule has 0 saturated carbocycles. The van der Waals surface area contributed by atoms with Crippen LogP contribution in [0.25, 0.3) is 0 Å². The van der Waals surface area contributed by atoms with E-state index in [2.05, 4.69) is 21.7 Å². The fraction of sp³-hybridized carbons (Fsp3) is 0.917. The van der Waals surface area contributed by atoms with E-state index in [0.717, 1.165) is 58.7 Å². The first kappa shape index (κ1) is 23.0. The number of nitrogens with zero attached hydrogens (tertiary/aromatic N) is 4. The second-order valence-corrected chi connectivity index (χ2v) is 10.1. The molecule has 4 saturated heterocycles. The Labute approximate surface area is 188 Å². The molecule has 2 amide bonds. The lowest BCUT2D eigenvalue weighted by atomic mass is 9.84. The maximum atomic E-state index is 13.0. The third-order valence-electron chi connectivity index (χ3n) is 8.31. The van der Waals surface area contributed by atoms with Crippen LogP contribution in [0.1, 0.15) is 52.4 Å². The standard InChI is InChI=1S/C24H42N4O3/c1-4-26(5-2)23(30)15-21-24-18(14-22(29)27-10-6-7-11-27)16-28(20(24)17-31-21)19-8-12-25(3)13-9-19/h18-21,24H,4-17H2,1-3H3/t18-,20-,21+,24-/m1/s1. The minimum Gasteiger partial charge on any atom is -0.376 e. The van der Waals surface area contributed by atoms with Gasteiger partial charge in [-0.25, -0.2) is 0 Å². The number of amides is 2. The van der Waals surface area contributed by atoms with Gasteiger partial charge in [0.05, 0.1) is 19.1 Å². The summed E-state index contributed by atoms with van der Waals surface area (Å²) in [6.45, 7) is 11.4. The summed E-state index contributed by atoms with van der Waals surface area (Å²) in [6, 6.07) is 0.940. The Balaban J connectivity index is 1.47. The van der Waals surface area contributed by atoms with Gasteiger partial charge in [0, 0.05) is 57.1 Å². The van der Waals surface area contributed by atoms with Crippen LogP contribution in [0, 0.1) is 11.8 Å². The minimum absolute atomic E-state index is 0.0502. The lowest BCUT2D eigenvalue weighted by Crippen LogP contribution is -2.47. The number of ether oxygens (including phenoxy) is 1. The Morgan fingerprint density at radius 2 is 1.68 bits per heavy atom. The molecule has 0 aromatic heterocycles. The predicted molar refractivity (Wildman–Crippen MR) is 121 cm³/mol. The van der Waals surface area contributed by atoms with Gasteiger partial charge >= 0.3 is 0 Å². The highest BCUT2D eigenvalue weighted by Crippen LogP contribution is 2.44. The maximum Gasteiger partial charge on any atom is 0.225 e. The second kappa shape index (κ2) is 10.2. The van der Waals surface area contributed by atoms with Crippen LogP contribution in [0.15, 0.2) is 0 Å². The molecule has 0 radical (unpaired) electrons. The normalized spacial score (nSPS) is 32.5. The van der Waals surface area contributed by atoms with Gasteiger partial charge in [0.15, 0.2) is 0 Å². The van der Waals surface area contributed by atoms with Gasteiger partial charge in [0.25, 0.3) is 0 Å². The zero-order chi connectivity index (χ0) is 22.0. The number of carbonyl (C=O) groups is 2. The topological polar surface area (TPSA) is 56.3 Å². The van der Waals surface area contributed by atoms with Gasteiger partial charge in [-0.3, -0.25) is 14.5 Å². The molecule has 31 heavy (non-hydrogen) atoms. The van der Waals surface area contributed by atoms with E-state index in [-0.39, 0.29) is 12.0 Å². The molecule has 4 aliphatic heterocycles. The first-order chi connectivity index (χ1) is 15.0. The van der Waals surface area contributed by atoms with Crippen LogP contribution in [-0.2, 0) is 14.3 Å². The molecule has 4 heterocycles. The number of fused-ring (bicyclic) bond motifs is 1. The van der Waals surface area contributed by atoms with Gasteiger partial charge in [-0.1, -0.05) is 0 Å². The zero-order valence-electron chi connectivity index (χ0n) is 19.8. The summed E-state index contributed by atoms with van der Waals surface area (Å²) in [5.74, 6) is 1.10. The Morgan fingerprint density at radius 1 is 1.00 bits per heavy atom. The van der Waals surface area contributed by atoms with Crippen molar-refractivity contribution in [3.8, 4) is 0 Å². The highest BCUT2D eigenvalue weighted by molar-refractivity contribution is 5.77. The summed E-state index contributed by atoms with van der Waals surface area (Å²) in [6.07, 6.45) is 5.67. The van der Waals surface area contributed by atoms with Crippen molar-refractivity contribution in [3.63, 3.8) is 0 Å². The first-order valence-corrected chi connectivity index (χ1v) is 12.6. The van der Waals surface area contributed by atoms with Crippen molar-refractivity contribution in [2.75, 3.05) is 59.5 Å². The Morgan fingerprint density at radius 3 is 2.32 bits per heavy atom. The average Bonchev–Trinajstić information content (AvgIpc) is 3.49. The monoisotopic (exact) mass is 434 g/mol. The lowest BCUT2D eigenvalue weighted by Gasteiger charge is -2.37. The SMILES string of the molecule is CCN(CC)C(=O)C[C@@H]1OC[C@@H]2[C@H]1[C@H](CC(=O)N1CCCC1)CN2C1CCN(C)CC1. The van der Waals surface area contributed by atoms with Crippen molar-refractivity contribution in [2.24, 2.45) is 11.8 Å². The molecule has 0 unspecified atom stereocenters. The first-order valence-electron chi connectivity index (χ1n) is 12.6. The fourth-order valence-corrected chi connectivity index (χ4v) is 6.49. The molecule has 176 valence electrons. The molecule has 0 aromatic rings. The highest BCUT2D eigenvalue weighted by atomic mass is 16.5. The molecule has 4 aliphatic rings. The molecule has 0 bridgehead atoms. The molecule has 0 N–H and O–H groups in total. The van der Waals surface area contributed by atoms with Crippen molar-refractivity contribution >= 4 is 11.8 Å². The largest absolute Gasteiger partial charge is 0.376 e. The Hall–Kier alpha value is -1.18. The summed E-state index contributed by atoms with van der Waals surface area (Å²) in [5.41, 5.74) is 0. The van der Waals surface area contributed by atoms with Gasteiger partial charge < -0.3 is 19.4 Å². The summed E-state index contributed by atoms with van der Waals surface area (Å²) in [7, 11) is 2.20. The second-order valence-electron chi connectivity index (χ2n) is 10.1. The smallest absolute Gasteiger partial charge is 0.225 e. The molecule has 4 fully saturated rings. The van der Waals surface area contributed by atoms with E-state index < -0.39 is 0 Å². The van der Waals surface area contributed by atoms with Crippen molar-refractivity contribution in [1.82, 2.24) is 19.6 Å². The van der Waals surface area contributed by atoms with Crippen molar-refractivity contribution < 1.29 is 14.3 Å². The van der Waals surface area contributed by atoms with Crippen LogP contribution < -0.4 is 0 Å². The molecule has 0 aliphatic carbocycles. The molecular weight excluding hydrogens is 392 g/mol. The Bertz CT molecular complexity index is 626. The molecular formula is C24H42N4O3. The number of likely N-dealkylation sites (tertiary alicyclic amines) is 3. The minimum atomic E-state index is -0.0502. The van der Waals surface area contributed by atoms with E-state index in [1.54, 1.807) is 0 Å². The zero-order valence-corrected chi connectivity index (χ0v) is 19.8. The van der Waals surface area contributed by atoms with Crippen LogP contribution in [0.2, 0.25) is 0 Å². The van der Waals surface area contributed by atoms with Crippen LogP contribution in [-0.4, -0.2) is 109 Å². The van der Waals surface area contributed by atoms with Crippen molar-refractivity contribution in [2.45, 2.75) is 70.6 Å².